The molecule has 0 bridgehead atoms. The molecule has 0 rings (SSSR count). The Labute approximate surface area is 313 Å². The fourth-order valence-corrected chi connectivity index (χ4v) is 5.16. The third-order valence-corrected chi connectivity index (χ3v) is 8.18. The summed E-state index contributed by atoms with van der Waals surface area (Å²) in [7, 11) is 0. The molecule has 0 aliphatic heterocycles. The van der Waals surface area contributed by atoms with E-state index in [0.29, 0.717) is 84.9 Å². The van der Waals surface area contributed by atoms with Gasteiger partial charge in [-0.3, -0.25) is 24.0 Å². The maximum atomic E-state index is 12.1. The molecule has 0 radical (unpaired) electrons. The van der Waals surface area contributed by atoms with Crippen LogP contribution in [-0.2, 0) is 42.9 Å². The third-order valence-electron chi connectivity index (χ3n) is 8.18. The molecule has 14 heteroatoms. The standard InChI is InChI=1S/C38H73N5O9/c1-2-3-22-41-37(47)32-51-30-29-50-27-25-43-38(48)33-52-31-28-49-26-24-42-36(46)21-18-23-40-35(45)20-17-15-13-11-9-7-5-4-6-8-10-12-14-16-19-34(39)44/h2-33H2,1H3,(H2,39,44)(H,40,45)(H,41,47)(H,42,46)(H,43,48). The quantitative estimate of drug-likeness (QED) is 0.0580. The van der Waals surface area contributed by atoms with Crippen molar-refractivity contribution in [3.05, 3.63) is 0 Å². The maximum absolute atomic E-state index is 12.1. The zero-order valence-corrected chi connectivity index (χ0v) is 32.4. The number of hydrogen-bond donors (Lipinski definition) is 5. The number of nitrogens with two attached hydrogens (primary N) is 1. The summed E-state index contributed by atoms with van der Waals surface area (Å²) >= 11 is 0. The van der Waals surface area contributed by atoms with Gasteiger partial charge in [-0.15, -0.1) is 0 Å². The highest BCUT2D eigenvalue weighted by Gasteiger charge is 2.05. The van der Waals surface area contributed by atoms with E-state index in [2.05, 4.69) is 28.2 Å². The average Bonchev–Trinajstić information content (AvgIpc) is 3.12. The van der Waals surface area contributed by atoms with Gasteiger partial charge in [-0.1, -0.05) is 90.4 Å². The SMILES string of the molecule is CCCCNC(=O)COCCOCCNC(=O)COCCOCCNC(=O)CCCNC(=O)CCCCCCCCCCCCCCCCC(N)=O. The summed E-state index contributed by atoms with van der Waals surface area (Å²) in [4.78, 5) is 58.0. The lowest BCUT2D eigenvalue weighted by Gasteiger charge is -2.09. The molecule has 0 heterocycles. The molecule has 304 valence electrons. The molecule has 0 saturated carbocycles. The van der Waals surface area contributed by atoms with Gasteiger partial charge in [0.25, 0.3) is 0 Å². The molecule has 52 heavy (non-hydrogen) atoms. The summed E-state index contributed by atoms with van der Waals surface area (Å²) in [5.41, 5.74) is 5.15. The van der Waals surface area contributed by atoms with Crippen molar-refractivity contribution in [1.29, 1.82) is 0 Å². The van der Waals surface area contributed by atoms with Gasteiger partial charge in [-0.05, 0) is 25.7 Å². The summed E-state index contributed by atoms with van der Waals surface area (Å²) in [6.07, 6.45) is 20.6. The minimum atomic E-state index is -0.255. The van der Waals surface area contributed by atoms with Crippen molar-refractivity contribution in [3.63, 3.8) is 0 Å². The Balaban J connectivity index is 3.36. The zero-order valence-electron chi connectivity index (χ0n) is 32.4. The highest BCUT2D eigenvalue weighted by Crippen LogP contribution is 2.13. The number of primary amides is 1. The van der Waals surface area contributed by atoms with Gasteiger partial charge in [0.15, 0.2) is 0 Å². The van der Waals surface area contributed by atoms with Crippen molar-refractivity contribution in [2.45, 2.75) is 135 Å². The van der Waals surface area contributed by atoms with E-state index in [4.69, 9.17) is 24.7 Å². The Morgan fingerprint density at radius 3 is 1.19 bits per heavy atom. The summed E-state index contributed by atoms with van der Waals surface area (Å²) in [5.74, 6) is -0.616. The minimum Gasteiger partial charge on any atom is -0.377 e. The fourth-order valence-electron chi connectivity index (χ4n) is 5.16. The number of unbranched alkanes of at least 4 members (excludes halogenated alkanes) is 14. The average molecular weight is 744 g/mol. The Morgan fingerprint density at radius 2 is 0.731 bits per heavy atom. The molecule has 0 unspecified atom stereocenters. The molecule has 5 amide bonds. The van der Waals surface area contributed by atoms with Crippen LogP contribution in [0.15, 0.2) is 0 Å². The topological polar surface area (TPSA) is 196 Å². The summed E-state index contributed by atoms with van der Waals surface area (Å²) in [5, 5.41) is 11.2. The number of amides is 5. The van der Waals surface area contributed by atoms with Crippen molar-refractivity contribution in [2.24, 2.45) is 5.73 Å². The lowest BCUT2D eigenvalue weighted by atomic mass is 10.0. The molecule has 0 aliphatic rings. The molecule has 0 aromatic heterocycles. The first-order chi connectivity index (χ1) is 25.3. The van der Waals surface area contributed by atoms with E-state index in [1.165, 1.54) is 64.2 Å². The molecule has 0 atom stereocenters. The fraction of sp³-hybridized carbons (Fsp3) is 0.868. The monoisotopic (exact) mass is 744 g/mol. The largest absolute Gasteiger partial charge is 0.377 e. The molecule has 6 N–H and O–H groups in total. The van der Waals surface area contributed by atoms with Crippen LogP contribution < -0.4 is 27.0 Å². The lowest BCUT2D eigenvalue weighted by molar-refractivity contribution is -0.127. The number of ether oxygens (including phenoxy) is 4. The normalized spacial score (nSPS) is 10.9. The first-order valence-electron chi connectivity index (χ1n) is 20.0. The van der Waals surface area contributed by atoms with Crippen molar-refractivity contribution < 1.29 is 42.9 Å². The van der Waals surface area contributed by atoms with Crippen LogP contribution in [0.5, 0.6) is 0 Å². The summed E-state index contributed by atoms with van der Waals surface area (Å²) < 4.78 is 21.3. The predicted molar refractivity (Wildman–Crippen MR) is 203 cm³/mol. The second-order valence-corrected chi connectivity index (χ2v) is 13.1. The number of hydrogen-bond acceptors (Lipinski definition) is 9. The molecule has 0 aromatic carbocycles. The smallest absolute Gasteiger partial charge is 0.246 e. The maximum Gasteiger partial charge on any atom is 0.246 e. The van der Waals surface area contributed by atoms with Gasteiger partial charge in [-0.2, -0.15) is 0 Å². The van der Waals surface area contributed by atoms with Gasteiger partial charge in [0.1, 0.15) is 13.2 Å². The molecule has 0 fully saturated rings. The predicted octanol–water partition coefficient (Wildman–Crippen LogP) is 3.82. The van der Waals surface area contributed by atoms with Crippen LogP contribution >= 0.6 is 0 Å². The van der Waals surface area contributed by atoms with Crippen molar-refractivity contribution in [2.75, 3.05) is 79.0 Å². The Hall–Kier alpha value is -2.81. The van der Waals surface area contributed by atoms with Gasteiger partial charge in [0, 0.05) is 45.4 Å². The number of carbonyl (C=O) groups excluding carboxylic acids is 5. The van der Waals surface area contributed by atoms with Crippen molar-refractivity contribution in [1.82, 2.24) is 21.3 Å². The molecular weight excluding hydrogens is 670 g/mol. The Morgan fingerprint density at radius 1 is 0.385 bits per heavy atom. The number of rotatable bonds is 40. The molecule has 0 aromatic rings. The summed E-state index contributed by atoms with van der Waals surface area (Å²) in [6.45, 7) is 5.72. The van der Waals surface area contributed by atoms with E-state index >= 15 is 0 Å². The van der Waals surface area contributed by atoms with Crippen LogP contribution in [0.1, 0.15) is 135 Å². The van der Waals surface area contributed by atoms with Crippen LogP contribution in [0.3, 0.4) is 0 Å². The lowest BCUT2D eigenvalue weighted by Crippen LogP contribution is -2.32. The third kappa shape index (κ3) is 40.0. The second kappa shape index (κ2) is 39.4. The van der Waals surface area contributed by atoms with Crippen LogP contribution in [0.2, 0.25) is 0 Å². The molecule has 0 aliphatic carbocycles. The Bertz CT molecular complexity index is 895. The van der Waals surface area contributed by atoms with E-state index in [1.54, 1.807) is 0 Å². The van der Waals surface area contributed by atoms with Gasteiger partial charge < -0.3 is 45.9 Å². The van der Waals surface area contributed by atoms with Gasteiger partial charge in [0.05, 0.1) is 39.6 Å². The highest BCUT2D eigenvalue weighted by molar-refractivity contribution is 5.78. The molecule has 0 spiro atoms. The van der Waals surface area contributed by atoms with Crippen LogP contribution in [0.25, 0.3) is 0 Å². The minimum absolute atomic E-state index is 0.0105. The van der Waals surface area contributed by atoms with Crippen molar-refractivity contribution >= 4 is 29.5 Å². The van der Waals surface area contributed by atoms with Gasteiger partial charge in [0.2, 0.25) is 29.5 Å². The van der Waals surface area contributed by atoms with E-state index in [1.807, 2.05) is 0 Å². The van der Waals surface area contributed by atoms with Gasteiger partial charge >= 0.3 is 0 Å². The zero-order chi connectivity index (χ0) is 38.2. The van der Waals surface area contributed by atoms with Crippen LogP contribution in [0, 0.1) is 0 Å². The van der Waals surface area contributed by atoms with E-state index in [-0.39, 0.29) is 49.4 Å². The molecule has 0 saturated heterocycles. The Kier molecular flexibility index (Phi) is 37.3. The first kappa shape index (κ1) is 49.2. The summed E-state index contributed by atoms with van der Waals surface area (Å²) in [6, 6.07) is 0. The van der Waals surface area contributed by atoms with Crippen molar-refractivity contribution in [3.8, 4) is 0 Å². The van der Waals surface area contributed by atoms with Crippen LogP contribution in [-0.4, -0.2) is 109 Å². The highest BCUT2D eigenvalue weighted by atomic mass is 16.5. The number of carbonyl (C=O) groups is 5. The van der Waals surface area contributed by atoms with E-state index in [9.17, 15) is 24.0 Å². The van der Waals surface area contributed by atoms with Crippen LogP contribution in [0.4, 0.5) is 0 Å². The first-order valence-corrected chi connectivity index (χ1v) is 20.0. The molecule has 14 nitrogen and oxygen atoms in total. The van der Waals surface area contributed by atoms with E-state index < -0.39 is 0 Å². The van der Waals surface area contributed by atoms with E-state index in [0.717, 1.165) is 38.5 Å². The second-order valence-electron chi connectivity index (χ2n) is 13.1. The molecular formula is C38H73N5O9. The van der Waals surface area contributed by atoms with Gasteiger partial charge in [-0.25, -0.2) is 0 Å². The number of nitrogens with one attached hydrogen (secondary N) is 4.